The van der Waals surface area contributed by atoms with Crippen molar-refractivity contribution < 1.29 is 33.3 Å². The number of rotatable bonds is 20. The third kappa shape index (κ3) is 12.3. The minimum atomic E-state index is -0.0444. The second-order valence-corrected chi connectivity index (χ2v) is 8.58. The van der Waals surface area contributed by atoms with Crippen LogP contribution in [0.5, 0.6) is 0 Å². The number of urea groups is 1. The molecule has 33 heavy (non-hydrogen) atoms. The van der Waals surface area contributed by atoms with Crippen LogP contribution in [0.15, 0.2) is 0 Å². The van der Waals surface area contributed by atoms with Crippen molar-refractivity contribution in [2.45, 2.75) is 64.0 Å². The molecule has 3 amide bonds. The molecule has 0 aromatic rings. The molecule has 190 valence electrons. The molecule has 2 rings (SSSR count). The van der Waals surface area contributed by atoms with Gasteiger partial charge in [0.25, 0.3) is 0 Å². The number of unbranched alkanes of at least 4 members (excludes halogenated alkanes) is 1. The molecule has 1 heterocycles. The third-order valence-corrected chi connectivity index (χ3v) is 5.92. The fraction of sp³-hybridized carbons (Fsp3) is 0.870. The van der Waals surface area contributed by atoms with Crippen molar-refractivity contribution >= 4 is 17.7 Å². The molecule has 0 bridgehead atoms. The average Bonchev–Trinajstić information content (AvgIpc) is 3.33. The molecular weight excluding hydrogens is 430 g/mol. The summed E-state index contributed by atoms with van der Waals surface area (Å²) in [7, 11) is 0. The number of ketones is 1. The van der Waals surface area contributed by atoms with Crippen molar-refractivity contribution in [3.8, 4) is 0 Å². The Morgan fingerprint density at radius 2 is 1.48 bits per heavy atom. The van der Waals surface area contributed by atoms with Crippen LogP contribution < -0.4 is 16.0 Å². The number of nitrogens with one attached hydrogen (secondary N) is 3. The van der Waals surface area contributed by atoms with Crippen molar-refractivity contribution in [1.82, 2.24) is 16.0 Å². The van der Waals surface area contributed by atoms with Crippen LogP contribution >= 0.6 is 0 Å². The lowest BCUT2D eigenvalue weighted by molar-refractivity contribution is -0.121. The van der Waals surface area contributed by atoms with Crippen LogP contribution in [0.4, 0.5) is 4.79 Å². The molecule has 1 aliphatic heterocycles. The van der Waals surface area contributed by atoms with E-state index in [-0.39, 0.29) is 23.8 Å². The molecule has 0 aromatic carbocycles. The highest BCUT2D eigenvalue weighted by Crippen LogP contribution is 2.32. The molecule has 3 atom stereocenters. The van der Waals surface area contributed by atoms with Gasteiger partial charge < -0.3 is 34.9 Å². The van der Waals surface area contributed by atoms with E-state index in [0.717, 1.165) is 32.1 Å². The average molecular weight is 472 g/mol. The molecular formula is C23H41N3O7. The molecule has 1 saturated carbocycles. The van der Waals surface area contributed by atoms with Crippen LogP contribution in [0, 0.1) is 5.92 Å². The quantitative estimate of drug-likeness (QED) is 0.228. The Hall–Kier alpha value is -1.75. The van der Waals surface area contributed by atoms with E-state index in [0.29, 0.717) is 84.2 Å². The number of amides is 3. The largest absolute Gasteiger partial charge is 0.379 e. The molecule has 2 aliphatic rings. The summed E-state index contributed by atoms with van der Waals surface area (Å²) in [5.41, 5.74) is 0. The Bertz CT molecular complexity index is 590. The molecule has 0 radical (unpaired) electrons. The van der Waals surface area contributed by atoms with Crippen molar-refractivity contribution in [1.29, 1.82) is 0 Å². The van der Waals surface area contributed by atoms with Gasteiger partial charge in [0.15, 0.2) is 0 Å². The van der Waals surface area contributed by atoms with Gasteiger partial charge in [-0.25, -0.2) is 4.79 Å². The zero-order valence-electron chi connectivity index (χ0n) is 19.9. The summed E-state index contributed by atoms with van der Waals surface area (Å²) in [6.45, 7) is 5.81. The third-order valence-electron chi connectivity index (χ3n) is 5.92. The summed E-state index contributed by atoms with van der Waals surface area (Å²) in [6, 6.07) is 0.515. The van der Waals surface area contributed by atoms with E-state index < -0.39 is 0 Å². The maximum atomic E-state index is 11.9. The number of Topliss-reactive ketones (excluding diaryl/α,β-unsaturated/α-hetero) is 1. The lowest BCUT2D eigenvalue weighted by atomic mass is 9.96. The van der Waals surface area contributed by atoms with Crippen LogP contribution in [0.2, 0.25) is 0 Å². The molecule has 10 heteroatoms. The van der Waals surface area contributed by atoms with E-state index in [2.05, 4.69) is 16.0 Å². The highest BCUT2D eigenvalue weighted by atomic mass is 16.6. The summed E-state index contributed by atoms with van der Waals surface area (Å²) >= 11 is 0. The first-order valence-electron chi connectivity index (χ1n) is 12.2. The van der Waals surface area contributed by atoms with Gasteiger partial charge in [-0.1, -0.05) is 6.42 Å². The second kappa shape index (κ2) is 16.8. The van der Waals surface area contributed by atoms with E-state index >= 15 is 0 Å². The van der Waals surface area contributed by atoms with Gasteiger partial charge in [-0.15, -0.1) is 0 Å². The lowest BCUT2D eigenvalue weighted by Crippen LogP contribution is -2.33. The van der Waals surface area contributed by atoms with Crippen molar-refractivity contribution in [2.24, 2.45) is 5.92 Å². The molecule has 0 unspecified atom stereocenters. The molecule has 1 saturated heterocycles. The maximum absolute atomic E-state index is 11.9. The van der Waals surface area contributed by atoms with Crippen LogP contribution in [0.25, 0.3) is 0 Å². The second-order valence-electron chi connectivity index (χ2n) is 8.58. The van der Waals surface area contributed by atoms with Crippen molar-refractivity contribution in [3.05, 3.63) is 0 Å². The zero-order valence-corrected chi connectivity index (χ0v) is 19.9. The summed E-state index contributed by atoms with van der Waals surface area (Å²) in [5, 5.41) is 8.86. The minimum absolute atomic E-state index is 0.0444. The van der Waals surface area contributed by atoms with Gasteiger partial charge in [-0.3, -0.25) is 9.59 Å². The summed E-state index contributed by atoms with van der Waals surface area (Å²) in [5.74, 6) is 0.701. The SMILES string of the molecule is CC(=O)CCOCCOCCOCCOCCNC(=O)CCCC[C@@H]1CC[C@@H]2NC(=O)N[C@H]12. The molecule has 1 aliphatic carbocycles. The van der Waals surface area contributed by atoms with Crippen LogP contribution in [0.1, 0.15) is 51.9 Å². The molecule has 2 fully saturated rings. The number of carbonyl (C=O) groups excluding carboxylic acids is 3. The van der Waals surface area contributed by atoms with Crippen molar-refractivity contribution in [3.63, 3.8) is 0 Å². The van der Waals surface area contributed by atoms with E-state index in [1.807, 2.05) is 0 Å². The predicted octanol–water partition coefficient (Wildman–Crippen LogP) is 1.17. The van der Waals surface area contributed by atoms with Gasteiger partial charge in [0.05, 0.1) is 64.9 Å². The normalized spacial score (nSPS) is 21.5. The predicted molar refractivity (Wildman–Crippen MR) is 122 cm³/mol. The fourth-order valence-electron chi connectivity index (χ4n) is 4.17. The highest BCUT2D eigenvalue weighted by Gasteiger charge is 2.41. The summed E-state index contributed by atoms with van der Waals surface area (Å²) in [4.78, 5) is 34.1. The minimum Gasteiger partial charge on any atom is -0.379 e. The van der Waals surface area contributed by atoms with Gasteiger partial charge >= 0.3 is 6.03 Å². The van der Waals surface area contributed by atoms with Crippen LogP contribution in [-0.2, 0) is 28.5 Å². The van der Waals surface area contributed by atoms with E-state index in [1.54, 1.807) is 6.92 Å². The number of ether oxygens (including phenoxy) is 4. The summed E-state index contributed by atoms with van der Waals surface area (Å²) < 4.78 is 21.5. The van der Waals surface area contributed by atoms with E-state index in [4.69, 9.17) is 18.9 Å². The number of hydrogen-bond donors (Lipinski definition) is 3. The van der Waals surface area contributed by atoms with Gasteiger partial charge in [-0.05, 0) is 38.5 Å². The van der Waals surface area contributed by atoms with E-state index in [9.17, 15) is 14.4 Å². The Balaban J connectivity index is 1.28. The number of hydrogen-bond acceptors (Lipinski definition) is 7. The first-order valence-corrected chi connectivity index (χ1v) is 12.2. The molecule has 0 aromatic heterocycles. The van der Waals surface area contributed by atoms with Crippen molar-refractivity contribution in [2.75, 3.05) is 59.4 Å². The Morgan fingerprint density at radius 3 is 2.15 bits per heavy atom. The topological polar surface area (TPSA) is 124 Å². The standard InChI is InChI=1S/C23H41N3O7/c1-18(27)8-10-30-12-14-32-16-17-33-15-13-31-11-9-24-21(28)5-3-2-4-19-6-7-20-22(19)26-23(29)25-20/h19-20,22H,2-17H2,1H3,(H,24,28)(H2,25,26,29)/t19-,20+,22-/m1/s1. The maximum Gasteiger partial charge on any atom is 0.315 e. The molecule has 3 N–H and O–H groups in total. The van der Waals surface area contributed by atoms with Crippen LogP contribution in [-0.4, -0.2) is 89.2 Å². The van der Waals surface area contributed by atoms with Gasteiger partial charge in [0, 0.05) is 19.4 Å². The first kappa shape index (κ1) is 27.5. The zero-order chi connectivity index (χ0) is 23.7. The summed E-state index contributed by atoms with van der Waals surface area (Å²) in [6.07, 6.45) is 6.07. The molecule has 10 nitrogen and oxygen atoms in total. The van der Waals surface area contributed by atoms with E-state index in [1.165, 1.54) is 0 Å². The highest BCUT2D eigenvalue weighted by molar-refractivity contribution is 5.77. The monoisotopic (exact) mass is 471 g/mol. The number of fused-ring (bicyclic) bond motifs is 1. The molecule has 0 spiro atoms. The smallest absolute Gasteiger partial charge is 0.315 e. The van der Waals surface area contributed by atoms with Gasteiger partial charge in [0.2, 0.25) is 5.91 Å². The Morgan fingerprint density at radius 1 is 0.848 bits per heavy atom. The fourth-order valence-corrected chi connectivity index (χ4v) is 4.17. The Kier molecular flexibility index (Phi) is 14.0. The first-order chi connectivity index (χ1) is 16.1. The van der Waals surface area contributed by atoms with Gasteiger partial charge in [0.1, 0.15) is 5.78 Å². The lowest BCUT2D eigenvalue weighted by Gasteiger charge is -2.17. The van der Waals surface area contributed by atoms with Gasteiger partial charge in [-0.2, -0.15) is 0 Å². The Labute approximate surface area is 196 Å². The van der Waals surface area contributed by atoms with Crippen LogP contribution in [0.3, 0.4) is 0 Å². The number of carbonyl (C=O) groups is 3.